The first kappa shape index (κ1) is 29.2. The fraction of sp³-hybridized carbons (Fsp3) is 0.400. The van der Waals surface area contributed by atoms with Crippen LogP contribution in [0.25, 0.3) is 11.1 Å². The number of carbonyl (C=O) groups is 1. The van der Waals surface area contributed by atoms with Gasteiger partial charge in [-0.05, 0) is 117 Å². The lowest BCUT2D eigenvalue weighted by molar-refractivity contribution is -0.118. The van der Waals surface area contributed by atoms with Crippen molar-refractivity contribution in [1.82, 2.24) is 9.88 Å². The molecule has 1 amide bonds. The number of primary amides is 1. The minimum absolute atomic E-state index is 0.219. The molecule has 0 saturated carbocycles. The van der Waals surface area contributed by atoms with Gasteiger partial charge in [0.25, 0.3) is 0 Å². The quantitative estimate of drug-likeness (QED) is 0.244. The fourth-order valence-electron chi connectivity index (χ4n) is 4.74. The summed E-state index contributed by atoms with van der Waals surface area (Å²) in [5, 5.41) is 4.40. The maximum Gasteiger partial charge on any atom is 0.217 e. The van der Waals surface area contributed by atoms with Gasteiger partial charge in [0.1, 0.15) is 17.3 Å². The van der Waals surface area contributed by atoms with E-state index in [1.165, 1.54) is 0 Å². The molecule has 9 heteroatoms. The summed E-state index contributed by atoms with van der Waals surface area (Å²) in [5.41, 5.74) is 14.1. The Labute approximate surface area is 240 Å². The molecule has 0 bridgehead atoms. The highest BCUT2D eigenvalue weighted by Crippen LogP contribution is 2.33. The van der Waals surface area contributed by atoms with Crippen LogP contribution in [0.3, 0.4) is 0 Å². The van der Waals surface area contributed by atoms with Crippen LogP contribution in [0.5, 0.6) is 11.5 Å². The Morgan fingerprint density at radius 2 is 1.74 bits per heavy atom. The van der Waals surface area contributed by atoms with Gasteiger partial charge in [-0.1, -0.05) is 23.2 Å². The van der Waals surface area contributed by atoms with Gasteiger partial charge >= 0.3 is 0 Å². The highest BCUT2D eigenvalue weighted by Gasteiger charge is 2.20. The number of aromatic nitrogens is 1. The monoisotopic (exact) mass is 569 g/mol. The van der Waals surface area contributed by atoms with E-state index < -0.39 is 0 Å². The van der Waals surface area contributed by atoms with E-state index in [1.54, 1.807) is 12.3 Å². The summed E-state index contributed by atoms with van der Waals surface area (Å²) in [6.07, 6.45) is 5.16. The van der Waals surface area contributed by atoms with Crippen LogP contribution >= 0.6 is 23.2 Å². The van der Waals surface area contributed by atoms with Gasteiger partial charge in [-0.2, -0.15) is 0 Å². The number of ether oxygens (including phenoxy) is 1. The van der Waals surface area contributed by atoms with Crippen molar-refractivity contribution < 1.29 is 9.53 Å². The van der Waals surface area contributed by atoms with Crippen LogP contribution in [0.15, 0.2) is 54.7 Å². The van der Waals surface area contributed by atoms with Gasteiger partial charge in [0, 0.05) is 35.1 Å². The maximum atomic E-state index is 11.2. The number of rotatable bonds is 11. The number of hydrogen-bond acceptors (Lipinski definition) is 6. The van der Waals surface area contributed by atoms with Crippen molar-refractivity contribution in [2.75, 3.05) is 25.0 Å². The molecular weight excluding hydrogens is 533 g/mol. The molecule has 0 spiro atoms. The summed E-state index contributed by atoms with van der Waals surface area (Å²) in [5.74, 6) is 2.41. The topological polar surface area (TPSA) is 107 Å². The number of nitrogens with one attached hydrogen (secondary N) is 1. The van der Waals surface area contributed by atoms with Crippen LogP contribution in [0.4, 0.5) is 5.82 Å². The molecule has 1 fully saturated rings. The molecule has 0 unspecified atom stereocenters. The molecule has 39 heavy (non-hydrogen) atoms. The summed E-state index contributed by atoms with van der Waals surface area (Å²) in [4.78, 5) is 18.1. The zero-order valence-corrected chi connectivity index (χ0v) is 24.1. The lowest BCUT2D eigenvalue weighted by atomic mass is 9.91. The number of pyridine rings is 1. The third kappa shape index (κ3) is 9.39. The molecule has 1 aromatic heterocycles. The Morgan fingerprint density at radius 3 is 2.36 bits per heavy atom. The molecule has 0 radical (unpaired) electrons. The van der Waals surface area contributed by atoms with Crippen molar-refractivity contribution in [2.45, 2.75) is 51.6 Å². The zero-order chi connectivity index (χ0) is 28.0. The number of piperidine rings is 1. The van der Waals surface area contributed by atoms with Crippen LogP contribution in [0.1, 0.15) is 45.1 Å². The Hall–Kier alpha value is -2.84. The van der Waals surface area contributed by atoms with Crippen molar-refractivity contribution >= 4 is 34.9 Å². The van der Waals surface area contributed by atoms with Crippen LogP contribution in [0, 0.1) is 5.92 Å². The second-order valence-corrected chi connectivity index (χ2v) is 11.9. The van der Waals surface area contributed by atoms with E-state index in [9.17, 15) is 4.79 Å². The van der Waals surface area contributed by atoms with Gasteiger partial charge in [0.05, 0.1) is 6.20 Å². The highest BCUT2D eigenvalue weighted by molar-refractivity contribution is 6.35. The number of anilines is 1. The number of likely N-dealkylation sites (tertiary alicyclic amines) is 1. The Bertz CT molecular complexity index is 1250. The van der Waals surface area contributed by atoms with E-state index >= 15 is 0 Å². The van der Waals surface area contributed by atoms with Gasteiger partial charge in [-0.15, -0.1) is 0 Å². The SMILES string of the molecule is CC(C)(N)CNc1ccc(Oc2cc(CN3CCC(CCC(N)=O)CC3)cc(-c3cc(Cl)cc(Cl)c3)c2)cn1. The molecule has 7 nitrogen and oxygen atoms in total. The first-order valence-corrected chi connectivity index (χ1v) is 14.1. The molecule has 1 aliphatic rings. The molecule has 0 aliphatic carbocycles. The number of nitrogens with zero attached hydrogens (tertiary/aromatic N) is 2. The summed E-state index contributed by atoms with van der Waals surface area (Å²) in [7, 11) is 0. The average Bonchev–Trinajstić information content (AvgIpc) is 2.87. The third-order valence-electron chi connectivity index (χ3n) is 6.77. The van der Waals surface area contributed by atoms with Crippen LogP contribution in [-0.4, -0.2) is 41.0 Å². The predicted molar refractivity (Wildman–Crippen MR) is 159 cm³/mol. The Morgan fingerprint density at radius 1 is 1.05 bits per heavy atom. The molecule has 3 aromatic rings. The van der Waals surface area contributed by atoms with Crippen LogP contribution in [-0.2, 0) is 11.3 Å². The zero-order valence-electron chi connectivity index (χ0n) is 22.6. The predicted octanol–water partition coefficient (Wildman–Crippen LogP) is 6.47. The average molecular weight is 571 g/mol. The van der Waals surface area contributed by atoms with Crippen molar-refractivity contribution in [2.24, 2.45) is 17.4 Å². The van der Waals surface area contributed by atoms with E-state index in [0.29, 0.717) is 40.4 Å². The van der Waals surface area contributed by atoms with Crippen LogP contribution < -0.4 is 21.5 Å². The molecule has 208 valence electrons. The second-order valence-electron chi connectivity index (χ2n) is 11.1. The first-order valence-electron chi connectivity index (χ1n) is 13.3. The molecule has 1 saturated heterocycles. The lowest BCUT2D eigenvalue weighted by Gasteiger charge is -2.32. The summed E-state index contributed by atoms with van der Waals surface area (Å²) in [6.45, 7) is 7.27. The van der Waals surface area contributed by atoms with Crippen molar-refractivity contribution in [3.8, 4) is 22.6 Å². The lowest BCUT2D eigenvalue weighted by Crippen LogP contribution is -2.39. The van der Waals surface area contributed by atoms with Gasteiger partial charge in [-0.25, -0.2) is 4.98 Å². The third-order valence-corrected chi connectivity index (χ3v) is 7.21. The van der Waals surface area contributed by atoms with E-state index in [4.69, 9.17) is 39.4 Å². The van der Waals surface area contributed by atoms with Crippen molar-refractivity contribution in [3.05, 3.63) is 70.3 Å². The maximum absolute atomic E-state index is 11.2. The number of hydrogen-bond donors (Lipinski definition) is 3. The molecule has 0 atom stereocenters. The number of carbonyl (C=O) groups excluding carboxylic acids is 1. The summed E-state index contributed by atoms with van der Waals surface area (Å²) >= 11 is 12.6. The molecular formula is C30H37Cl2N5O2. The van der Waals surface area contributed by atoms with Gasteiger partial charge in [0.2, 0.25) is 5.91 Å². The smallest absolute Gasteiger partial charge is 0.217 e. The second kappa shape index (κ2) is 13.0. The Kier molecular flexibility index (Phi) is 9.72. The van der Waals surface area contributed by atoms with E-state index in [1.807, 2.05) is 44.2 Å². The van der Waals surface area contributed by atoms with E-state index in [0.717, 1.165) is 61.4 Å². The van der Waals surface area contributed by atoms with Gasteiger partial charge in [0.15, 0.2) is 0 Å². The largest absolute Gasteiger partial charge is 0.456 e. The molecule has 4 rings (SSSR count). The minimum atomic E-state index is -0.338. The molecule has 5 N–H and O–H groups in total. The Balaban J connectivity index is 1.51. The highest BCUT2D eigenvalue weighted by atomic mass is 35.5. The van der Waals surface area contributed by atoms with Gasteiger partial charge in [-0.3, -0.25) is 9.69 Å². The number of nitrogens with two attached hydrogens (primary N) is 2. The normalized spacial score (nSPS) is 14.8. The van der Waals surface area contributed by atoms with E-state index in [2.05, 4.69) is 27.3 Å². The summed E-state index contributed by atoms with van der Waals surface area (Å²) < 4.78 is 6.26. The van der Waals surface area contributed by atoms with Crippen molar-refractivity contribution in [3.63, 3.8) is 0 Å². The standard InChI is InChI=1S/C30H37Cl2N5O2/c1-30(2,34)19-36-29-6-4-26(17-35-29)39-27-12-21(11-22(15-27)23-13-24(31)16-25(32)14-23)18-37-9-7-20(8-10-37)3-5-28(33)38/h4,6,11-17,20H,3,5,7-10,18-19,34H2,1-2H3,(H2,33,38)(H,35,36). The van der Waals surface area contributed by atoms with E-state index in [-0.39, 0.29) is 11.4 Å². The summed E-state index contributed by atoms with van der Waals surface area (Å²) in [6, 6.07) is 15.5. The van der Waals surface area contributed by atoms with Crippen molar-refractivity contribution in [1.29, 1.82) is 0 Å². The first-order chi connectivity index (χ1) is 18.5. The molecule has 1 aliphatic heterocycles. The van der Waals surface area contributed by atoms with Gasteiger partial charge < -0.3 is 21.5 Å². The number of amides is 1. The number of halogens is 2. The minimum Gasteiger partial charge on any atom is -0.456 e. The molecule has 2 heterocycles. The van der Waals surface area contributed by atoms with Crippen LogP contribution in [0.2, 0.25) is 10.0 Å². The fourth-order valence-corrected chi connectivity index (χ4v) is 5.26. The molecule has 2 aromatic carbocycles. The number of benzene rings is 2.